The molecule has 0 atom stereocenters. The highest BCUT2D eigenvalue weighted by Crippen LogP contribution is 2.34. The third kappa shape index (κ3) is 2.54. The molecule has 4 heteroatoms. The Balaban J connectivity index is 2.47. The first-order chi connectivity index (χ1) is 8.41. The van der Waals surface area contributed by atoms with Crippen LogP contribution in [0.4, 0.5) is 0 Å². The van der Waals surface area contributed by atoms with Gasteiger partial charge in [0.15, 0.2) is 0 Å². The molecule has 2 aromatic rings. The van der Waals surface area contributed by atoms with Gasteiger partial charge in [0.25, 0.3) is 0 Å². The zero-order valence-electron chi connectivity index (χ0n) is 10.9. The van der Waals surface area contributed by atoms with Crippen molar-refractivity contribution in [2.75, 3.05) is 0 Å². The van der Waals surface area contributed by atoms with Crippen molar-refractivity contribution in [1.29, 1.82) is 0 Å². The minimum atomic E-state index is 0.000370. The van der Waals surface area contributed by atoms with Gasteiger partial charge in [0.1, 0.15) is 10.8 Å². The van der Waals surface area contributed by atoms with Gasteiger partial charge in [-0.25, -0.2) is 4.98 Å². The number of nitrogens with two attached hydrogens (primary N) is 1. The van der Waals surface area contributed by atoms with Gasteiger partial charge >= 0.3 is 0 Å². The van der Waals surface area contributed by atoms with Crippen LogP contribution < -0.4 is 5.73 Å². The van der Waals surface area contributed by atoms with E-state index in [1.54, 1.807) is 23.5 Å². The number of nitrogens with zero attached hydrogens (tertiary/aromatic N) is 1. The van der Waals surface area contributed by atoms with Crippen LogP contribution in [0.15, 0.2) is 24.3 Å². The van der Waals surface area contributed by atoms with E-state index in [1.807, 2.05) is 12.1 Å². The third-order valence-electron chi connectivity index (χ3n) is 2.71. The molecule has 0 aliphatic rings. The summed E-state index contributed by atoms with van der Waals surface area (Å²) in [5, 5.41) is 10.3. The Bertz CT molecular complexity index is 538. The number of phenols is 1. The van der Waals surface area contributed by atoms with E-state index in [-0.39, 0.29) is 11.2 Å². The highest BCUT2D eigenvalue weighted by Gasteiger charge is 2.22. The van der Waals surface area contributed by atoms with Gasteiger partial charge in [0.2, 0.25) is 0 Å². The van der Waals surface area contributed by atoms with Gasteiger partial charge in [0, 0.05) is 22.4 Å². The molecule has 0 amide bonds. The van der Waals surface area contributed by atoms with Crippen LogP contribution in [0.3, 0.4) is 0 Å². The van der Waals surface area contributed by atoms with Crippen LogP contribution in [0.1, 0.15) is 31.3 Å². The zero-order chi connectivity index (χ0) is 13.3. The summed E-state index contributed by atoms with van der Waals surface area (Å²) in [5.41, 5.74) is 7.88. The smallest absolute Gasteiger partial charge is 0.123 e. The number of thiazole rings is 1. The van der Waals surface area contributed by atoms with E-state index in [2.05, 4.69) is 20.8 Å². The lowest BCUT2D eigenvalue weighted by Crippen LogP contribution is -2.15. The number of rotatable bonds is 2. The number of benzene rings is 1. The average Bonchev–Trinajstić information content (AvgIpc) is 2.73. The lowest BCUT2D eigenvalue weighted by Gasteiger charge is -2.16. The predicted octanol–water partition coefficient (Wildman–Crippen LogP) is 3.27. The van der Waals surface area contributed by atoms with Gasteiger partial charge in [-0.1, -0.05) is 20.8 Å². The maximum absolute atomic E-state index is 9.30. The molecule has 0 saturated heterocycles. The van der Waals surface area contributed by atoms with Crippen molar-refractivity contribution in [3.8, 4) is 16.3 Å². The summed E-state index contributed by atoms with van der Waals surface area (Å²) in [6, 6.07) is 7.10. The highest BCUT2D eigenvalue weighted by molar-refractivity contribution is 7.15. The van der Waals surface area contributed by atoms with E-state index in [0.29, 0.717) is 6.54 Å². The molecule has 0 aliphatic heterocycles. The minimum absolute atomic E-state index is 0.000370. The zero-order valence-corrected chi connectivity index (χ0v) is 11.7. The first kappa shape index (κ1) is 13.1. The SMILES string of the molecule is CC(C)(C)c1nc(-c2ccc(O)cc2)sc1CN. The Morgan fingerprint density at radius 1 is 1.22 bits per heavy atom. The van der Waals surface area contributed by atoms with Crippen LogP contribution >= 0.6 is 11.3 Å². The molecule has 0 fully saturated rings. The Labute approximate surface area is 111 Å². The quantitative estimate of drug-likeness (QED) is 0.873. The molecule has 0 saturated carbocycles. The molecule has 1 heterocycles. The standard InChI is InChI=1S/C14H18N2OS/c1-14(2,3)12-11(8-15)18-13(16-12)9-4-6-10(17)7-5-9/h4-7,17H,8,15H2,1-3H3. The number of hydrogen-bond acceptors (Lipinski definition) is 4. The van der Waals surface area contributed by atoms with Crippen molar-refractivity contribution < 1.29 is 5.11 Å². The van der Waals surface area contributed by atoms with E-state index >= 15 is 0 Å². The highest BCUT2D eigenvalue weighted by atomic mass is 32.1. The van der Waals surface area contributed by atoms with E-state index < -0.39 is 0 Å². The Morgan fingerprint density at radius 3 is 2.28 bits per heavy atom. The molecule has 18 heavy (non-hydrogen) atoms. The van der Waals surface area contributed by atoms with Crippen LogP contribution in [-0.4, -0.2) is 10.1 Å². The van der Waals surface area contributed by atoms with Gasteiger partial charge in [-0.2, -0.15) is 0 Å². The molecular formula is C14H18N2OS. The fourth-order valence-corrected chi connectivity index (χ4v) is 2.96. The van der Waals surface area contributed by atoms with Crippen molar-refractivity contribution in [1.82, 2.24) is 4.98 Å². The lowest BCUT2D eigenvalue weighted by atomic mass is 9.91. The molecule has 3 nitrogen and oxygen atoms in total. The van der Waals surface area contributed by atoms with Gasteiger partial charge < -0.3 is 10.8 Å². The van der Waals surface area contributed by atoms with Crippen LogP contribution in [0.2, 0.25) is 0 Å². The lowest BCUT2D eigenvalue weighted by molar-refractivity contribution is 0.475. The third-order valence-corrected chi connectivity index (χ3v) is 3.83. The van der Waals surface area contributed by atoms with E-state index in [0.717, 1.165) is 21.1 Å². The van der Waals surface area contributed by atoms with E-state index in [1.165, 1.54) is 0 Å². The predicted molar refractivity (Wildman–Crippen MR) is 75.8 cm³/mol. The van der Waals surface area contributed by atoms with Crippen LogP contribution in [0, 0.1) is 0 Å². The van der Waals surface area contributed by atoms with Crippen molar-refractivity contribution >= 4 is 11.3 Å². The monoisotopic (exact) mass is 262 g/mol. The summed E-state index contributed by atoms with van der Waals surface area (Å²) in [6.45, 7) is 6.94. The minimum Gasteiger partial charge on any atom is -0.508 e. The molecule has 0 spiro atoms. The summed E-state index contributed by atoms with van der Waals surface area (Å²) in [7, 11) is 0. The molecule has 0 unspecified atom stereocenters. The number of aromatic hydroxyl groups is 1. The average molecular weight is 262 g/mol. The fraction of sp³-hybridized carbons (Fsp3) is 0.357. The fourth-order valence-electron chi connectivity index (χ4n) is 1.80. The molecule has 0 aliphatic carbocycles. The van der Waals surface area contributed by atoms with Crippen molar-refractivity contribution in [3.05, 3.63) is 34.8 Å². The molecule has 1 aromatic heterocycles. The van der Waals surface area contributed by atoms with Crippen LogP contribution in [-0.2, 0) is 12.0 Å². The molecule has 96 valence electrons. The molecule has 0 bridgehead atoms. The molecule has 1 aromatic carbocycles. The number of phenolic OH excluding ortho intramolecular Hbond substituents is 1. The second-order valence-electron chi connectivity index (χ2n) is 5.29. The Kier molecular flexibility index (Phi) is 3.41. The van der Waals surface area contributed by atoms with Crippen molar-refractivity contribution in [3.63, 3.8) is 0 Å². The second kappa shape index (κ2) is 4.71. The van der Waals surface area contributed by atoms with Crippen molar-refractivity contribution in [2.45, 2.75) is 32.7 Å². The number of hydrogen-bond donors (Lipinski definition) is 2. The Morgan fingerprint density at radius 2 is 1.83 bits per heavy atom. The summed E-state index contributed by atoms with van der Waals surface area (Å²) < 4.78 is 0. The summed E-state index contributed by atoms with van der Waals surface area (Å²) >= 11 is 1.63. The molecular weight excluding hydrogens is 244 g/mol. The van der Waals surface area contributed by atoms with Crippen LogP contribution in [0.25, 0.3) is 10.6 Å². The maximum Gasteiger partial charge on any atom is 0.123 e. The number of aromatic nitrogens is 1. The van der Waals surface area contributed by atoms with Crippen LogP contribution in [0.5, 0.6) is 5.75 Å². The maximum atomic E-state index is 9.30. The molecule has 0 radical (unpaired) electrons. The van der Waals surface area contributed by atoms with E-state index in [9.17, 15) is 5.11 Å². The van der Waals surface area contributed by atoms with Gasteiger partial charge in [-0.3, -0.25) is 0 Å². The van der Waals surface area contributed by atoms with Gasteiger partial charge in [-0.15, -0.1) is 11.3 Å². The first-order valence-corrected chi connectivity index (χ1v) is 6.73. The first-order valence-electron chi connectivity index (χ1n) is 5.91. The normalized spacial score (nSPS) is 11.8. The summed E-state index contributed by atoms with van der Waals surface area (Å²) in [6.07, 6.45) is 0. The summed E-state index contributed by atoms with van der Waals surface area (Å²) in [5.74, 6) is 0.269. The summed E-state index contributed by atoms with van der Waals surface area (Å²) in [4.78, 5) is 5.84. The second-order valence-corrected chi connectivity index (χ2v) is 6.38. The largest absolute Gasteiger partial charge is 0.508 e. The Hall–Kier alpha value is -1.39. The molecule has 2 rings (SSSR count). The topological polar surface area (TPSA) is 59.1 Å². The van der Waals surface area contributed by atoms with Gasteiger partial charge in [0.05, 0.1) is 5.69 Å². The van der Waals surface area contributed by atoms with Gasteiger partial charge in [-0.05, 0) is 24.3 Å². The van der Waals surface area contributed by atoms with Crippen molar-refractivity contribution in [2.24, 2.45) is 5.73 Å². The van der Waals surface area contributed by atoms with E-state index in [4.69, 9.17) is 10.7 Å². The molecule has 3 N–H and O–H groups in total.